The Hall–Kier alpha value is -2.21. The molecule has 3 N–H and O–H groups in total. The van der Waals surface area contributed by atoms with E-state index in [2.05, 4.69) is 15.4 Å². The molecule has 0 unspecified atom stereocenters. The molecule has 6 heteroatoms. The lowest BCUT2D eigenvalue weighted by Crippen LogP contribution is -2.11. The average Bonchev–Trinajstić information content (AvgIpc) is 2.33. The number of nitrogens with two attached hydrogens (primary N) is 1. The number of nitrogens with zero attached hydrogens (tertiary/aromatic N) is 2. The second-order valence-electron chi connectivity index (χ2n) is 3.83. The minimum absolute atomic E-state index is 0.249. The van der Waals surface area contributed by atoms with Crippen LogP contribution in [0.1, 0.15) is 11.3 Å². The predicted molar refractivity (Wildman–Crippen MR) is 65.8 cm³/mol. The Morgan fingerprint density at radius 2 is 2.00 bits per heavy atom. The van der Waals surface area contributed by atoms with Crippen LogP contribution >= 0.6 is 0 Å². The SMILES string of the molecule is Cc1cc(Oc2cc(F)ccc2C)nc(NN)n1. The van der Waals surface area contributed by atoms with E-state index < -0.39 is 0 Å². The molecule has 0 spiro atoms. The molecule has 0 radical (unpaired) electrons. The van der Waals surface area contributed by atoms with Gasteiger partial charge in [-0.2, -0.15) is 4.98 Å². The van der Waals surface area contributed by atoms with Gasteiger partial charge in [0.15, 0.2) is 0 Å². The smallest absolute Gasteiger partial charge is 0.240 e. The molecular weight excluding hydrogens is 235 g/mol. The van der Waals surface area contributed by atoms with Gasteiger partial charge in [0.05, 0.1) is 0 Å². The molecular formula is C12H13FN4O. The summed E-state index contributed by atoms with van der Waals surface area (Å²) in [5, 5.41) is 0. The number of ether oxygens (including phenoxy) is 1. The normalized spacial score (nSPS) is 10.2. The molecule has 1 heterocycles. The Balaban J connectivity index is 2.33. The molecule has 0 saturated heterocycles. The molecule has 94 valence electrons. The Bertz CT molecular complexity index is 574. The summed E-state index contributed by atoms with van der Waals surface area (Å²) in [6.07, 6.45) is 0. The van der Waals surface area contributed by atoms with E-state index in [0.717, 1.165) is 5.56 Å². The number of aryl methyl sites for hydroxylation is 2. The third kappa shape index (κ3) is 2.72. The molecule has 0 aliphatic carbocycles. The highest BCUT2D eigenvalue weighted by Gasteiger charge is 2.06. The van der Waals surface area contributed by atoms with Crippen LogP contribution in [0, 0.1) is 19.7 Å². The quantitative estimate of drug-likeness (QED) is 0.644. The highest BCUT2D eigenvalue weighted by Crippen LogP contribution is 2.25. The second-order valence-corrected chi connectivity index (χ2v) is 3.83. The largest absolute Gasteiger partial charge is 0.438 e. The number of nitrogens with one attached hydrogen (secondary N) is 1. The fourth-order valence-corrected chi connectivity index (χ4v) is 1.45. The molecule has 0 bridgehead atoms. The van der Waals surface area contributed by atoms with Crippen LogP contribution < -0.4 is 16.0 Å². The van der Waals surface area contributed by atoms with Gasteiger partial charge in [0.1, 0.15) is 11.6 Å². The lowest BCUT2D eigenvalue weighted by atomic mass is 10.2. The van der Waals surface area contributed by atoms with Crippen LogP contribution in [0.5, 0.6) is 11.6 Å². The number of benzene rings is 1. The molecule has 0 atom stereocenters. The molecule has 0 aliphatic heterocycles. The number of anilines is 1. The topological polar surface area (TPSA) is 73.1 Å². The van der Waals surface area contributed by atoms with Gasteiger partial charge in [-0.1, -0.05) is 6.07 Å². The monoisotopic (exact) mass is 248 g/mol. The first kappa shape index (κ1) is 12.3. The van der Waals surface area contributed by atoms with Crippen molar-refractivity contribution in [2.45, 2.75) is 13.8 Å². The number of hydrazine groups is 1. The summed E-state index contributed by atoms with van der Waals surface area (Å²) in [5.41, 5.74) is 3.85. The molecule has 5 nitrogen and oxygen atoms in total. The van der Waals surface area contributed by atoms with Gasteiger partial charge in [-0.3, -0.25) is 5.43 Å². The van der Waals surface area contributed by atoms with Gasteiger partial charge in [0.25, 0.3) is 0 Å². The van der Waals surface area contributed by atoms with Crippen molar-refractivity contribution in [1.82, 2.24) is 9.97 Å². The Morgan fingerprint density at radius 1 is 1.22 bits per heavy atom. The second kappa shape index (κ2) is 4.97. The molecule has 2 aromatic rings. The maximum Gasteiger partial charge on any atom is 0.240 e. The first-order valence-electron chi connectivity index (χ1n) is 5.35. The Kier molecular flexibility index (Phi) is 3.38. The first-order valence-corrected chi connectivity index (χ1v) is 5.35. The van der Waals surface area contributed by atoms with E-state index in [9.17, 15) is 4.39 Å². The molecule has 0 aliphatic rings. The van der Waals surface area contributed by atoms with Crippen molar-refractivity contribution in [3.05, 3.63) is 41.3 Å². The number of aromatic nitrogens is 2. The summed E-state index contributed by atoms with van der Waals surface area (Å²) < 4.78 is 18.7. The van der Waals surface area contributed by atoms with Gasteiger partial charge in [-0.25, -0.2) is 15.2 Å². The van der Waals surface area contributed by atoms with Crippen molar-refractivity contribution in [3.63, 3.8) is 0 Å². The molecule has 2 rings (SSSR count). The van der Waals surface area contributed by atoms with E-state index >= 15 is 0 Å². The van der Waals surface area contributed by atoms with Crippen molar-refractivity contribution in [2.75, 3.05) is 5.43 Å². The van der Waals surface area contributed by atoms with Gasteiger partial charge >= 0.3 is 0 Å². The van der Waals surface area contributed by atoms with Crippen molar-refractivity contribution in [3.8, 4) is 11.6 Å². The highest BCUT2D eigenvalue weighted by atomic mass is 19.1. The van der Waals surface area contributed by atoms with Crippen LogP contribution in [0.2, 0.25) is 0 Å². The van der Waals surface area contributed by atoms with E-state index in [4.69, 9.17) is 10.6 Å². The zero-order chi connectivity index (χ0) is 13.1. The fraction of sp³-hybridized carbons (Fsp3) is 0.167. The van der Waals surface area contributed by atoms with Crippen LogP contribution in [0.4, 0.5) is 10.3 Å². The van der Waals surface area contributed by atoms with Crippen LogP contribution in [0.3, 0.4) is 0 Å². The number of halogens is 1. The summed E-state index contributed by atoms with van der Waals surface area (Å²) in [6.45, 7) is 3.61. The molecule has 1 aromatic heterocycles. The van der Waals surface area contributed by atoms with E-state index in [-0.39, 0.29) is 11.8 Å². The zero-order valence-electron chi connectivity index (χ0n) is 10.1. The molecule has 18 heavy (non-hydrogen) atoms. The fourth-order valence-electron chi connectivity index (χ4n) is 1.45. The van der Waals surface area contributed by atoms with Crippen LogP contribution in [-0.4, -0.2) is 9.97 Å². The van der Waals surface area contributed by atoms with Crippen molar-refractivity contribution in [1.29, 1.82) is 0 Å². The lowest BCUT2D eigenvalue weighted by Gasteiger charge is -2.09. The van der Waals surface area contributed by atoms with Gasteiger partial charge in [-0.05, 0) is 25.5 Å². The zero-order valence-corrected chi connectivity index (χ0v) is 10.1. The van der Waals surface area contributed by atoms with E-state index in [1.54, 1.807) is 19.1 Å². The van der Waals surface area contributed by atoms with Crippen molar-refractivity contribution >= 4 is 5.95 Å². The Morgan fingerprint density at radius 3 is 2.72 bits per heavy atom. The first-order chi connectivity index (χ1) is 8.58. The average molecular weight is 248 g/mol. The minimum atomic E-state index is -0.362. The third-order valence-corrected chi connectivity index (χ3v) is 2.32. The van der Waals surface area contributed by atoms with E-state index in [0.29, 0.717) is 17.3 Å². The highest BCUT2D eigenvalue weighted by molar-refractivity contribution is 5.37. The molecule has 1 aromatic carbocycles. The Labute approximate surface area is 104 Å². The number of hydrogen-bond donors (Lipinski definition) is 2. The van der Waals surface area contributed by atoms with Crippen LogP contribution in [0.15, 0.2) is 24.3 Å². The summed E-state index contributed by atoms with van der Waals surface area (Å²) in [7, 11) is 0. The van der Waals surface area contributed by atoms with Gasteiger partial charge in [-0.15, -0.1) is 0 Å². The molecule has 0 saturated carbocycles. The minimum Gasteiger partial charge on any atom is -0.438 e. The maximum atomic E-state index is 13.1. The maximum absolute atomic E-state index is 13.1. The third-order valence-electron chi connectivity index (χ3n) is 2.32. The number of hydrogen-bond acceptors (Lipinski definition) is 5. The van der Waals surface area contributed by atoms with Crippen LogP contribution in [-0.2, 0) is 0 Å². The van der Waals surface area contributed by atoms with Crippen molar-refractivity contribution < 1.29 is 9.13 Å². The van der Waals surface area contributed by atoms with Gasteiger partial charge in [0.2, 0.25) is 11.8 Å². The molecule has 0 fully saturated rings. The summed E-state index contributed by atoms with van der Waals surface area (Å²) in [6, 6.07) is 5.97. The van der Waals surface area contributed by atoms with Gasteiger partial charge < -0.3 is 4.74 Å². The summed E-state index contributed by atoms with van der Waals surface area (Å²) in [4.78, 5) is 8.06. The summed E-state index contributed by atoms with van der Waals surface area (Å²) in [5.74, 6) is 5.85. The standard InChI is InChI=1S/C12H13FN4O/c1-7-3-4-9(13)6-10(7)18-11-5-8(2)15-12(16-11)17-14/h3-6H,14H2,1-2H3,(H,15,16,17). The van der Waals surface area contributed by atoms with Crippen LogP contribution in [0.25, 0.3) is 0 Å². The lowest BCUT2D eigenvalue weighted by molar-refractivity contribution is 0.453. The van der Waals surface area contributed by atoms with Gasteiger partial charge in [0, 0.05) is 17.8 Å². The van der Waals surface area contributed by atoms with Crippen molar-refractivity contribution in [2.24, 2.45) is 5.84 Å². The summed E-state index contributed by atoms with van der Waals surface area (Å²) >= 11 is 0. The number of rotatable bonds is 3. The van der Waals surface area contributed by atoms with E-state index in [1.165, 1.54) is 12.1 Å². The predicted octanol–water partition coefficient (Wildman–Crippen LogP) is 2.31. The van der Waals surface area contributed by atoms with E-state index in [1.807, 2.05) is 6.92 Å². The molecule has 0 amide bonds. The number of nitrogen functional groups attached to an aromatic ring is 1.